The van der Waals surface area contributed by atoms with Crippen molar-refractivity contribution in [1.82, 2.24) is 15.5 Å². The third kappa shape index (κ3) is 5.42. The molecule has 0 aromatic rings. The number of nitrogens with zero attached hydrogens (tertiary/aromatic N) is 2. The minimum atomic E-state index is -0.0136. The van der Waals surface area contributed by atoms with Gasteiger partial charge in [0.25, 0.3) is 0 Å². The van der Waals surface area contributed by atoms with Gasteiger partial charge in [0.2, 0.25) is 5.91 Å². The first kappa shape index (κ1) is 18.1. The van der Waals surface area contributed by atoms with Gasteiger partial charge in [0.1, 0.15) is 6.54 Å². The lowest BCUT2D eigenvalue weighted by Gasteiger charge is -2.38. The average Bonchev–Trinajstić information content (AvgIpc) is 2.97. The van der Waals surface area contributed by atoms with E-state index in [4.69, 9.17) is 4.74 Å². The number of carbonyl (C=O) groups is 1. The number of thioether (sulfide) groups is 1. The molecule has 0 bridgehead atoms. The van der Waals surface area contributed by atoms with Crippen LogP contribution in [0.1, 0.15) is 19.3 Å². The third-order valence-corrected chi connectivity index (χ3v) is 5.41. The van der Waals surface area contributed by atoms with Gasteiger partial charge >= 0.3 is 0 Å². The molecule has 0 aliphatic carbocycles. The van der Waals surface area contributed by atoms with E-state index in [1.165, 1.54) is 5.75 Å². The molecule has 2 aliphatic heterocycles. The summed E-state index contributed by atoms with van der Waals surface area (Å²) in [4.78, 5) is 17.7. The van der Waals surface area contributed by atoms with Crippen LogP contribution in [0, 0.1) is 0 Å². The second-order valence-corrected chi connectivity index (χ2v) is 7.40. The Labute approximate surface area is 143 Å². The molecule has 2 heterocycles. The summed E-state index contributed by atoms with van der Waals surface area (Å²) >= 11 is 1.97. The summed E-state index contributed by atoms with van der Waals surface area (Å²) in [5.41, 5.74) is 0.0313. The van der Waals surface area contributed by atoms with Crippen LogP contribution in [0.4, 0.5) is 0 Å². The third-order valence-electron chi connectivity index (χ3n) is 4.19. The lowest BCUT2D eigenvalue weighted by molar-refractivity contribution is -0.127. The van der Waals surface area contributed by atoms with Crippen molar-refractivity contribution in [2.75, 3.05) is 45.3 Å². The molecular formula is C16H28N4O2S. The highest BCUT2D eigenvalue weighted by Gasteiger charge is 2.40. The van der Waals surface area contributed by atoms with E-state index in [1.807, 2.05) is 11.8 Å². The molecule has 2 fully saturated rings. The number of hydrogen-bond acceptors (Lipinski definition) is 4. The van der Waals surface area contributed by atoms with Gasteiger partial charge in [-0.2, -0.15) is 11.8 Å². The summed E-state index contributed by atoms with van der Waals surface area (Å²) in [5, 5.41) is 6.66. The summed E-state index contributed by atoms with van der Waals surface area (Å²) in [5.74, 6) is 2.92. The zero-order valence-corrected chi connectivity index (χ0v) is 15.0. The predicted molar refractivity (Wildman–Crippen MR) is 96.0 cm³/mol. The van der Waals surface area contributed by atoms with Gasteiger partial charge in [-0.15, -0.1) is 6.58 Å². The number of rotatable bonds is 5. The summed E-state index contributed by atoms with van der Waals surface area (Å²) in [6.45, 7) is 5.26. The van der Waals surface area contributed by atoms with Crippen molar-refractivity contribution >= 4 is 23.6 Å². The molecule has 2 rings (SSSR count). The molecule has 0 saturated carbocycles. The molecule has 7 heteroatoms. The molecule has 1 amide bonds. The van der Waals surface area contributed by atoms with Gasteiger partial charge in [-0.25, -0.2) is 4.99 Å². The monoisotopic (exact) mass is 340 g/mol. The number of amides is 1. The summed E-state index contributed by atoms with van der Waals surface area (Å²) in [6.07, 6.45) is 4.87. The molecule has 6 nitrogen and oxygen atoms in total. The van der Waals surface area contributed by atoms with E-state index < -0.39 is 0 Å². The number of hydrogen-bond donors (Lipinski definition) is 2. The Balaban J connectivity index is 1.94. The van der Waals surface area contributed by atoms with E-state index in [1.54, 1.807) is 25.1 Å². The van der Waals surface area contributed by atoms with Crippen LogP contribution < -0.4 is 10.6 Å². The smallest absolute Gasteiger partial charge is 0.243 e. The minimum absolute atomic E-state index is 0.0136. The van der Waals surface area contributed by atoms with Gasteiger partial charge in [0.05, 0.1) is 5.60 Å². The van der Waals surface area contributed by atoms with Crippen LogP contribution in [0.3, 0.4) is 0 Å². The second-order valence-electron chi connectivity index (χ2n) is 6.29. The average molecular weight is 340 g/mol. The Morgan fingerprint density at radius 3 is 3.04 bits per heavy atom. The van der Waals surface area contributed by atoms with Crippen molar-refractivity contribution in [3.05, 3.63) is 12.7 Å². The van der Waals surface area contributed by atoms with Crippen LogP contribution in [0.15, 0.2) is 17.6 Å². The quantitative estimate of drug-likeness (QED) is 0.441. The SMILES string of the molecule is C=CCNC(=NCC(=O)N(C)C)NC1CCOC2(CCSC2)C1. The molecule has 2 N–H and O–H groups in total. The minimum Gasteiger partial charge on any atom is -0.374 e. The number of carbonyl (C=O) groups excluding carboxylic acids is 1. The van der Waals surface area contributed by atoms with Crippen molar-refractivity contribution in [2.24, 2.45) is 4.99 Å². The highest BCUT2D eigenvalue weighted by Crippen LogP contribution is 2.38. The molecular weight excluding hydrogens is 312 g/mol. The van der Waals surface area contributed by atoms with E-state index >= 15 is 0 Å². The first-order valence-electron chi connectivity index (χ1n) is 8.12. The fourth-order valence-electron chi connectivity index (χ4n) is 2.82. The van der Waals surface area contributed by atoms with Gasteiger partial charge in [0.15, 0.2) is 5.96 Å². The van der Waals surface area contributed by atoms with Crippen LogP contribution in [0.2, 0.25) is 0 Å². The summed E-state index contributed by atoms with van der Waals surface area (Å²) in [7, 11) is 3.48. The summed E-state index contributed by atoms with van der Waals surface area (Å²) in [6, 6.07) is 0.327. The number of likely N-dealkylation sites (N-methyl/N-ethyl adjacent to an activating group) is 1. The van der Waals surface area contributed by atoms with E-state index in [0.717, 1.165) is 31.6 Å². The normalized spacial score (nSPS) is 27.7. The molecule has 2 saturated heterocycles. The number of guanidine groups is 1. The number of nitrogens with one attached hydrogen (secondary N) is 2. The van der Waals surface area contributed by atoms with Crippen LogP contribution in [0.25, 0.3) is 0 Å². The van der Waals surface area contributed by atoms with Crippen molar-refractivity contribution < 1.29 is 9.53 Å². The van der Waals surface area contributed by atoms with E-state index in [0.29, 0.717) is 18.5 Å². The largest absolute Gasteiger partial charge is 0.374 e. The molecule has 2 aliphatic rings. The lowest BCUT2D eigenvalue weighted by Crippen LogP contribution is -2.51. The second kappa shape index (κ2) is 8.59. The van der Waals surface area contributed by atoms with Crippen LogP contribution >= 0.6 is 11.8 Å². The number of aliphatic imine (C=N–C) groups is 1. The van der Waals surface area contributed by atoms with E-state index in [-0.39, 0.29) is 18.1 Å². The maximum atomic E-state index is 11.7. The van der Waals surface area contributed by atoms with E-state index in [2.05, 4.69) is 22.2 Å². The molecule has 130 valence electrons. The molecule has 0 aromatic carbocycles. The molecule has 0 radical (unpaired) electrons. The zero-order chi connectivity index (χ0) is 16.7. The van der Waals surface area contributed by atoms with Crippen LogP contribution in [-0.2, 0) is 9.53 Å². The molecule has 0 aromatic heterocycles. The molecule has 2 unspecified atom stereocenters. The van der Waals surface area contributed by atoms with Crippen molar-refractivity contribution in [2.45, 2.75) is 30.9 Å². The first-order valence-corrected chi connectivity index (χ1v) is 9.28. The molecule has 23 heavy (non-hydrogen) atoms. The van der Waals surface area contributed by atoms with Gasteiger partial charge in [-0.05, 0) is 25.0 Å². The van der Waals surface area contributed by atoms with Crippen LogP contribution in [0.5, 0.6) is 0 Å². The highest BCUT2D eigenvalue weighted by atomic mass is 32.2. The summed E-state index contributed by atoms with van der Waals surface area (Å²) < 4.78 is 6.05. The predicted octanol–water partition coefficient (Wildman–Crippen LogP) is 0.851. The van der Waals surface area contributed by atoms with Gasteiger partial charge in [-0.1, -0.05) is 6.08 Å². The van der Waals surface area contributed by atoms with Gasteiger partial charge < -0.3 is 20.3 Å². The molecule has 2 atom stereocenters. The Hall–Kier alpha value is -1.21. The standard InChI is InChI=1S/C16H28N4O2S/c1-4-7-17-15(18-11-14(21)20(2)3)19-13-5-8-22-16(10-13)6-9-23-12-16/h4,13H,1,5-12H2,2-3H3,(H2,17,18,19). The maximum absolute atomic E-state index is 11.7. The van der Waals surface area contributed by atoms with Gasteiger partial charge in [0, 0.05) is 39.0 Å². The van der Waals surface area contributed by atoms with Gasteiger partial charge in [-0.3, -0.25) is 4.79 Å². The van der Waals surface area contributed by atoms with Crippen molar-refractivity contribution in [1.29, 1.82) is 0 Å². The maximum Gasteiger partial charge on any atom is 0.243 e. The Bertz CT molecular complexity index is 447. The highest BCUT2D eigenvalue weighted by molar-refractivity contribution is 7.99. The fourth-order valence-corrected chi connectivity index (χ4v) is 4.20. The molecule has 1 spiro atoms. The van der Waals surface area contributed by atoms with Crippen molar-refractivity contribution in [3.8, 4) is 0 Å². The van der Waals surface area contributed by atoms with Crippen molar-refractivity contribution in [3.63, 3.8) is 0 Å². The van der Waals surface area contributed by atoms with Crippen LogP contribution in [-0.4, -0.2) is 73.7 Å². The topological polar surface area (TPSA) is 66.0 Å². The number of ether oxygens (including phenoxy) is 1. The zero-order valence-electron chi connectivity index (χ0n) is 14.1. The fraction of sp³-hybridized carbons (Fsp3) is 0.750. The van der Waals surface area contributed by atoms with E-state index in [9.17, 15) is 4.79 Å². The Kier molecular flexibility index (Phi) is 6.77. The Morgan fingerprint density at radius 2 is 2.39 bits per heavy atom. The first-order chi connectivity index (χ1) is 11.0. The lowest BCUT2D eigenvalue weighted by atomic mass is 9.90. The Morgan fingerprint density at radius 1 is 1.57 bits per heavy atom.